The topological polar surface area (TPSA) is 62.6 Å². The number of rotatable bonds is 6. The summed E-state index contributed by atoms with van der Waals surface area (Å²) in [5.74, 6) is -0.207. The van der Waals surface area contributed by atoms with Crippen molar-refractivity contribution in [3.63, 3.8) is 0 Å². The van der Waals surface area contributed by atoms with Crippen molar-refractivity contribution in [2.75, 3.05) is 24.2 Å². The number of amides is 2. The normalized spacial score (nSPS) is 13.0. The van der Waals surface area contributed by atoms with Crippen LogP contribution in [0, 0.1) is 20.8 Å². The summed E-state index contributed by atoms with van der Waals surface area (Å²) in [6.45, 7) is 8.06. The molecule has 2 amide bonds. The second-order valence-corrected chi connectivity index (χ2v) is 6.92. The highest BCUT2D eigenvalue weighted by Gasteiger charge is 2.24. The number of hydrogen-bond acceptors (Lipinski definition) is 2. The van der Waals surface area contributed by atoms with Crippen LogP contribution in [0.25, 0.3) is 0 Å². The third kappa shape index (κ3) is 5.17. The van der Waals surface area contributed by atoms with Crippen LogP contribution in [0.3, 0.4) is 0 Å². The zero-order chi connectivity index (χ0) is 19.3. The molecule has 0 spiro atoms. The summed E-state index contributed by atoms with van der Waals surface area (Å²) in [6, 6.07) is 13.1. The van der Waals surface area contributed by atoms with Crippen LogP contribution in [0.5, 0.6) is 0 Å². The van der Waals surface area contributed by atoms with Crippen molar-refractivity contribution in [3.05, 3.63) is 59.2 Å². The van der Waals surface area contributed by atoms with Crippen molar-refractivity contribution in [2.24, 2.45) is 0 Å². The van der Waals surface area contributed by atoms with Crippen molar-refractivity contribution >= 4 is 23.2 Å². The number of para-hydroxylation sites is 1. The van der Waals surface area contributed by atoms with Crippen LogP contribution in [0.4, 0.5) is 11.4 Å². The third-order valence-corrected chi connectivity index (χ3v) is 4.55. The fourth-order valence-corrected chi connectivity index (χ4v) is 2.96. The molecule has 3 N–H and O–H groups in total. The van der Waals surface area contributed by atoms with E-state index in [1.165, 1.54) is 5.56 Å². The van der Waals surface area contributed by atoms with Crippen LogP contribution in [0.1, 0.15) is 23.6 Å². The van der Waals surface area contributed by atoms with E-state index in [1.807, 2.05) is 65.1 Å². The van der Waals surface area contributed by atoms with Gasteiger partial charge in [0.2, 0.25) is 0 Å². The molecule has 0 radical (unpaired) electrons. The lowest BCUT2D eigenvalue weighted by atomic mass is 10.1. The SMILES string of the molecule is Cc1cc(C)c(NC(=O)C[NH+](C)[C@H](C)C(=O)Nc2ccccc2)c(C)c1. The Morgan fingerprint density at radius 3 is 2.15 bits per heavy atom. The number of carbonyl (C=O) groups excluding carboxylic acids is 2. The molecule has 0 heterocycles. The van der Waals surface area contributed by atoms with E-state index in [9.17, 15) is 9.59 Å². The van der Waals surface area contributed by atoms with E-state index in [0.29, 0.717) is 0 Å². The van der Waals surface area contributed by atoms with Gasteiger partial charge in [-0.1, -0.05) is 35.9 Å². The second-order valence-electron chi connectivity index (χ2n) is 6.92. The first-order chi connectivity index (χ1) is 12.3. The van der Waals surface area contributed by atoms with E-state index >= 15 is 0 Å². The van der Waals surface area contributed by atoms with Crippen molar-refractivity contribution in [1.82, 2.24) is 0 Å². The highest BCUT2D eigenvalue weighted by molar-refractivity contribution is 5.95. The van der Waals surface area contributed by atoms with E-state index in [0.717, 1.165) is 27.4 Å². The Morgan fingerprint density at radius 2 is 1.58 bits per heavy atom. The van der Waals surface area contributed by atoms with Gasteiger partial charge in [-0.15, -0.1) is 0 Å². The lowest BCUT2D eigenvalue weighted by Crippen LogP contribution is -3.14. The van der Waals surface area contributed by atoms with Crippen LogP contribution in [0.15, 0.2) is 42.5 Å². The van der Waals surface area contributed by atoms with Crippen molar-refractivity contribution in [1.29, 1.82) is 0 Å². The smallest absolute Gasteiger partial charge is 0.282 e. The second kappa shape index (κ2) is 8.63. The quantitative estimate of drug-likeness (QED) is 0.744. The lowest BCUT2D eigenvalue weighted by molar-refractivity contribution is -0.885. The molecule has 0 bridgehead atoms. The first-order valence-electron chi connectivity index (χ1n) is 8.84. The maximum atomic E-state index is 12.4. The van der Waals surface area contributed by atoms with Crippen LogP contribution < -0.4 is 15.5 Å². The third-order valence-electron chi connectivity index (χ3n) is 4.55. The molecule has 2 rings (SSSR count). The summed E-state index contributed by atoms with van der Waals surface area (Å²) in [5.41, 5.74) is 4.88. The number of aryl methyl sites for hydroxylation is 3. The largest absolute Gasteiger partial charge is 0.321 e. The van der Waals surface area contributed by atoms with E-state index in [4.69, 9.17) is 0 Å². The predicted molar refractivity (Wildman–Crippen MR) is 106 cm³/mol. The minimum Gasteiger partial charge on any atom is -0.321 e. The molecule has 2 aromatic rings. The standard InChI is InChI=1S/C21H27N3O2/c1-14-11-15(2)20(16(3)12-14)23-19(25)13-24(5)17(4)21(26)22-18-9-7-6-8-10-18/h6-12,17H,13H2,1-5H3,(H,22,26)(H,23,25)/p+1/t17-/m1/s1. The van der Waals surface area contributed by atoms with Crippen LogP contribution in [-0.2, 0) is 9.59 Å². The molecule has 0 aliphatic carbocycles. The molecule has 0 aliphatic rings. The van der Waals surface area contributed by atoms with Gasteiger partial charge in [-0.2, -0.15) is 0 Å². The van der Waals surface area contributed by atoms with Gasteiger partial charge in [0.25, 0.3) is 11.8 Å². The first kappa shape index (κ1) is 19.7. The van der Waals surface area contributed by atoms with Crippen molar-refractivity contribution in [2.45, 2.75) is 33.7 Å². The minimum absolute atomic E-state index is 0.100. The number of nitrogens with one attached hydrogen (secondary N) is 3. The van der Waals surface area contributed by atoms with Gasteiger partial charge in [0.05, 0.1) is 7.05 Å². The van der Waals surface area contributed by atoms with Crippen molar-refractivity contribution < 1.29 is 14.5 Å². The summed E-state index contributed by atoms with van der Waals surface area (Å²) < 4.78 is 0. The fraction of sp³-hybridized carbons (Fsp3) is 0.333. The number of benzene rings is 2. The Morgan fingerprint density at radius 1 is 1.00 bits per heavy atom. The van der Waals surface area contributed by atoms with Gasteiger partial charge < -0.3 is 15.5 Å². The number of quaternary nitrogens is 1. The van der Waals surface area contributed by atoms with Gasteiger partial charge >= 0.3 is 0 Å². The molecule has 138 valence electrons. The molecule has 2 atom stereocenters. The summed E-state index contributed by atoms with van der Waals surface area (Å²) in [6.07, 6.45) is 0. The summed E-state index contributed by atoms with van der Waals surface area (Å²) >= 11 is 0. The monoisotopic (exact) mass is 354 g/mol. The highest BCUT2D eigenvalue weighted by Crippen LogP contribution is 2.21. The van der Waals surface area contributed by atoms with Gasteiger partial charge in [-0.25, -0.2) is 0 Å². The molecule has 0 saturated heterocycles. The zero-order valence-electron chi connectivity index (χ0n) is 16.1. The number of carbonyl (C=O) groups is 2. The van der Waals surface area contributed by atoms with E-state index in [2.05, 4.69) is 22.8 Å². The Bertz CT molecular complexity index is 764. The summed E-state index contributed by atoms with van der Waals surface area (Å²) in [7, 11) is 1.85. The predicted octanol–water partition coefficient (Wildman–Crippen LogP) is 2.09. The molecular weight excluding hydrogens is 326 g/mol. The van der Waals surface area contributed by atoms with E-state index < -0.39 is 0 Å². The molecule has 1 unspecified atom stereocenters. The zero-order valence-corrected chi connectivity index (χ0v) is 16.1. The average Bonchev–Trinajstić information content (AvgIpc) is 2.58. The molecule has 0 aliphatic heterocycles. The Hall–Kier alpha value is -2.66. The highest BCUT2D eigenvalue weighted by atomic mass is 16.2. The molecule has 5 heteroatoms. The molecular formula is C21H28N3O2+. The van der Waals surface area contributed by atoms with Crippen LogP contribution in [-0.4, -0.2) is 31.4 Å². The fourth-order valence-electron chi connectivity index (χ4n) is 2.96. The Kier molecular flexibility index (Phi) is 6.52. The lowest BCUT2D eigenvalue weighted by Gasteiger charge is -2.21. The number of likely N-dealkylation sites (N-methyl/N-ethyl adjacent to an activating group) is 1. The minimum atomic E-state index is -0.346. The van der Waals surface area contributed by atoms with Crippen LogP contribution >= 0.6 is 0 Å². The van der Waals surface area contributed by atoms with Gasteiger partial charge in [0.1, 0.15) is 0 Å². The molecule has 2 aromatic carbocycles. The Balaban J connectivity index is 1.95. The van der Waals surface area contributed by atoms with E-state index in [-0.39, 0.29) is 24.4 Å². The Labute approximate surface area is 155 Å². The number of anilines is 2. The van der Waals surface area contributed by atoms with Gasteiger partial charge in [-0.3, -0.25) is 9.59 Å². The molecule has 0 saturated carbocycles. The first-order valence-corrected chi connectivity index (χ1v) is 8.84. The van der Waals surface area contributed by atoms with Gasteiger partial charge in [0.15, 0.2) is 12.6 Å². The molecule has 26 heavy (non-hydrogen) atoms. The van der Waals surface area contributed by atoms with E-state index in [1.54, 1.807) is 0 Å². The summed E-state index contributed by atoms with van der Waals surface area (Å²) in [4.78, 5) is 25.6. The van der Waals surface area contributed by atoms with Gasteiger partial charge in [-0.05, 0) is 51.0 Å². The molecule has 0 fully saturated rings. The van der Waals surface area contributed by atoms with Crippen molar-refractivity contribution in [3.8, 4) is 0 Å². The molecule has 0 aromatic heterocycles. The van der Waals surface area contributed by atoms with Crippen LogP contribution in [0.2, 0.25) is 0 Å². The number of hydrogen-bond donors (Lipinski definition) is 3. The maximum absolute atomic E-state index is 12.4. The molecule has 5 nitrogen and oxygen atoms in total. The van der Waals surface area contributed by atoms with Gasteiger partial charge in [0, 0.05) is 11.4 Å². The maximum Gasteiger partial charge on any atom is 0.282 e. The average molecular weight is 354 g/mol. The summed E-state index contributed by atoms with van der Waals surface area (Å²) in [5, 5.41) is 5.87.